The van der Waals surface area contributed by atoms with Crippen molar-refractivity contribution in [3.63, 3.8) is 0 Å². The van der Waals surface area contributed by atoms with Gasteiger partial charge in [0, 0.05) is 6.54 Å². The summed E-state index contributed by atoms with van der Waals surface area (Å²) in [6, 6.07) is 10.1. The number of rotatable bonds is 8. The van der Waals surface area contributed by atoms with E-state index in [0.29, 0.717) is 5.41 Å². The van der Waals surface area contributed by atoms with Crippen LogP contribution in [0, 0.1) is 5.41 Å². The molecule has 1 aliphatic rings. The zero-order chi connectivity index (χ0) is 12.7. The van der Waals surface area contributed by atoms with Crippen molar-refractivity contribution in [1.29, 1.82) is 0 Å². The summed E-state index contributed by atoms with van der Waals surface area (Å²) in [4.78, 5) is 0. The van der Waals surface area contributed by atoms with Crippen LogP contribution in [-0.2, 0) is 0 Å². The first-order valence-corrected chi connectivity index (χ1v) is 7.23. The third-order valence-electron chi connectivity index (χ3n) is 4.03. The van der Waals surface area contributed by atoms with E-state index in [0.717, 1.165) is 18.9 Å². The Kier molecular flexibility index (Phi) is 5.06. The summed E-state index contributed by atoms with van der Waals surface area (Å²) in [5.41, 5.74) is 0.579. The fraction of sp³-hybridized carbons (Fsp3) is 0.625. The predicted molar refractivity (Wildman–Crippen MR) is 76.0 cm³/mol. The van der Waals surface area contributed by atoms with Crippen molar-refractivity contribution in [2.24, 2.45) is 5.41 Å². The summed E-state index contributed by atoms with van der Waals surface area (Å²) in [5, 5.41) is 3.51. The summed E-state index contributed by atoms with van der Waals surface area (Å²) in [5.74, 6) is 0.992. The molecule has 0 atom stereocenters. The first-order chi connectivity index (χ1) is 8.85. The normalized spacial score (nSPS) is 17.2. The first-order valence-electron chi connectivity index (χ1n) is 7.23. The van der Waals surface area contributed by atoms with Crippen molar-refractivity contribution in [2.75, 3.05) is 19.7 Å². The maximum absolute atomic E-state index is 5.75. The Balaban J connectivity index is 1.65. The van der Waals surface area contributed by atoms with E-state index in [4.69, 9.17) is 4.74 Å². The van der Waals surface area contributed by atoms with Gasteiger partial charge < -0.3 is 10.1 Å². The highest BCUT2D eigenvalue weighted by Gasteiger charge is 2.35. The lowest BCUT2D eigenvalue weighted by Crippen LogP contribution is -2.40. The van der Waals surface area contributed by atoms with E-state index in [9.17, 15) is 0 Å². The fourth-order valence-electron chi connectivity index (χ4n) is 2.74. The molecule has 0 bridgehead atoms. The van der Waals surface area contributed by atoms with Crippen molar-refractivity contribution in [3.8, 4) is 5.75 Å². The van der Waals surface area contributed by atoms with Gasteiger partial charge in [-0.3, -0.25) is 0 Å². The van der Waals surface area contributed by atoms with Crippen molar-refractivity contribution in [2.45, 2.75) is 39.0 Å². The lowest BCUT2D eigenvalue weighted by molar-refractivity contribution is 0.106. The lowest BCUT2D eigenvalue weighted by atomic mass is 9.66. The molecule has 0 saturated heterocycles. The highest BCUT2D eigenvalue weighted by atomic mass is 16.5. The van der Waals surface area contributed by atoms with Crippen LogP contribution in [0.5, 0.6) is 5.75 Å². The second-order valence-electron chi connectivity index (χ2n) is 5.40. The molecule has 0 aromatic heterocycles. The second-order valence-corrected chi connectivity index (χ2v) is 5.40. The molecular weight excluding hydrogens is 222 g/mol. The average Bonchev–Trinajstić information content (AvgIpc) is 2.37. The molecule has 100 valence electrons. The van der Waals surface area contributed by atoms with Crippen LogP contribution in [0.1, 0.15) is 39.0 Å². The molecule has 1 aromatic carbocycles. The van der Waals surface area contributed by atoms with Gasteiger partial charge >= 0.3 is 0 Å². The molecular formula is C16H25NO. The SMILES string of the molecule is CCNCC1(CCCOc2ccccc2)CCC1. The van der Waals surface area contributed by atoms with Crippen LogP contribution in [-0.4, -0.2) is 19.7 Å². The van der Waals surface area contributed by atoms with Gasteiger partial charge in [0.05, 0.1) is 6.61 Å². The predicted octanol–water partition coefficient (Wildman–Crippen LogP) is 3.63. The van der Waals surface area contributed by atoms with E-state index in [1.165, 1.54) is 38.6 Å². The Labute approximate surface area is 111 Å². The van der Waals surface area contributed by atoms with Gasteiger partial charge in [0.15, 0.2) is 0 Å². The number of para-hydroxylation sites is 1. The molecule has 1 N–H and O–H groups in total. The molecule has 0 radical (unpaired) electrons. The third-order valence-corrected chi connectivity index (χ3v) is 4.03. The van der Waals surface area contributed by atoms with E-state index >= 15 is 0 Å². The van der Waals surface area contributed by atoms with Gasteiger partial charge in [-0.25, -0.2) is 0 Å². The summed E-state index contributed by atoms with van der Waals surface area (Å²) < 4.78 is 5.75. The van der Waals surface area contributed by atoms with Gasteiger partial charge in [0.25, 0.3) is 0 Å². The van der Waals surface area contributed by atoms with Crippen LogP contribution in [0.2, 0.25) is 0 Å². The molecule has 0 amide bonds. The summed E-state index contributed by atoms with van der Waals surface area (Å²) in [7, 11) is 0. The highest BCUT2D eigenvalue weighted by molar-refractivity contribution is 5.20. The number of benzene rings is 1. The van der Waals surface area contributed by atoms with E-state index < -0.39 is 0 Å². The summed E-state index contributed by atoms with van der Waals surface area (Å²) >= 11 is 0. The van der Waals surface area contributed by atoms with Gasteiger partial charge in [-0.05, 0) is 49.8 Å². The van der Waals surface area contributed by atoms with Crippen molar-refractivity contribution in [1.82, 2.24) is 5.32 Å². The third kappa shape index (κ3) is 3.74. The topological polar surface area (TPSA) is 21.3 Å². The molecule has 1 saturated carbocycles. The van der Waals surface area contributed by atoms with Gasteiger partial charge in [-0.2, -0.15) is 0 Å². The molecule has 1 fully saturated rings. The second kappa shape index (κ2) is 6.79. The number of hydrogen-bond donors (Lipinski definition) is 1. The molecule has 2 nitrogen and oxygen atoms in total. The zero-order valence-electron chi connectivity index (χ0n) is 11.5. The number of hydrogen-bond acceptors (Lipinski definition) is 2. The maximum Gasteiger partial charge on any atom is 0.119 e. The molecule has 0 heterocycles. The minimum Gasteiger partial charge on any atom is -0.494 e. The molecule has 1 aromatic rings. The smallest absolute Gasteiger partial charge is 0.119 e. The van der Waals surface area contributed by atoms with Crippen molar-refractivity contribution >= 4 is 0 Å². The van der Waals surface area contributed by atoms with Crippen LogP contribution in [0.25, 0.3) is 0 Å². The first kappa shape index (κ1) is 13.4. The van der Waals surface area contributed by atoms with Crippen LogP contribution < -0.4 is 10.1 Å². The Bertz CT molecular complexity index is 332. The van der Waals surface area contributed by atoms with Crippen LogP contribution in [0.15, 0.2) is 30.3 Å². The number of nitrogens with one attached hydrogen (secondary N) is 1. The molecule has 18 heavy (non-hydrogen) atoms. The molecule has 2 heteroatoms. The van der Waals surface area contributed by atoms with Crippen molar-refractivity contribution < 1.29 is 4.74 Å². The molecule has 0 spiro atoms. The van der Waals surface area contributed by atoms with Gasteiger partial charge in [0.2, 0.25) is 0 Å². The summed E-state index contributed by atoms with van der Waals surface area (Å²) in [6.45, 7) is 5.31. The van der Waals surface area contributed by atoms with E-state index in [1.54, 1.807) is 0 Å². The molecule has 1 aliphatic carbocycles. The highest BCUT2D eigenvalue weighted by Crippen LogP contribution is 2.44. The summed E-state index contributed by atoms with van der Waals surface area (Å²) in [6.07, 6.45) is 6.66. The van der Waals surface area contributed by atoms with Crippen molar-refractivity contribution in [3.05, 3.63) is 30.3 Å². The minimum absolute atomic E-state index is 0.579. The number of ether oxygens (including phenoxy) is 1. The zero-order valence-corrected chi connectivity index (χ0v) is 11.5. The quantitative estimate of drug-likeness (QED) is 0.708. The Morgan fingerprint density at radius 1 is 1.22 bits per heavy atom. The van der Waals surface area contributed by atoms with Gasteiger partial charge in [-0.15, -0.1) is 0 Å². The van der Waals surface area contributed by atoms with Gasteiger partial charge in [-0.1, -0.05) is 31.5 Å². The Morgan fingerprint density at radius 2 is 2.00 bits per heavy atom. The fourth-order valence-corrected chi connectivity index (χ4v) is 2.74. The largest absolute Gasteiger partial charge is 0.494 e. The standard InChI is InChI=1S/C16H25NO/c1-2-17-14-16(10-6-11-16)12-7-13-18-15-8-4-3-5-9-15/h3-5,8-9,17H,2,6-7,10-14H2,1H3. The van der Waals surface area contributed by atoms with E-state index in [1.807, 2.05) is 30.3 Å². The monoisotopic (exact) mass is 247 g/mol. The van der Waals surface area contributed by atoms with Crippen LogP contribution >= 0.6 is 0 Å². The van der Waals surface area contributed by atoms with Crippen LogP contribution in [0.4, 0.5) is 0 Å². The molecule has 2 rings (SSSR count). The Hall–Kier alpha value is -1.02. The van der Waals surface area contributed by atoms with Crippen LogP contribution in [0.3, 0.4) is 0 Å². The average molecular weight is 247 g/mol. The lowest BCUT2D eigenvalue weighted by Gasteiger charge is -2.42. The van der Waals surface area contributed by atoms with E-state index in [2.05, 4.69) is 12.2 Å². The minimum atomic E-state index is 0.579. The Morgan fingerprint density at radius 3 is 2.61 bits per heavy atom. The van der Waals surface area contributed by atoms with E-state index in [-0.39, 0.29) is 0 Å². The molecule has 0 aliphatic heterocycles. The maximum atomic E-state index is 5.75. The van der Waals surface area contributed by atoms with Gasteiger partial charge in [0.1, 0.15) is 5.75 Å². The molecule has 0 unspecified atom stereocenters.